The summed E-state index contributed by atoms with van der Waals surface area (Å²) in [5.41, 5.74) is 8.57. The number of benzene rings is 2. The van der Waals surface area contributed by atoms with Crippen LogP contribution in [0.15, 0.2) is 42.5 Å². The summed E-state index contributed by atoms with van der Waals surface area (Å²) < 4.78 is 10.2. The Hall–Kier alpha value is -2.49. The van der Waals surface area contributed by atoms with Crippen molar-refractivity contribution in [3.8, 4) is 16.9 Å². The highest BCUT2D eigenvalue weighted by atomic mass is 16.5. The standard InChI is InChI=1S/C16H17NO3/c1-3-20-16(18)14-9-6-12(17)10-15(14)11-4-7-13(19-2)8-5-11/h4-10H,3,17H2,1-2H3. The fraction of sp³-hybridized carbons (Fsp3) is 0.188. The summed E-state index contributed by atoms with van der Waals surface area (Å²) in [5, 5.41) is 0. The highest BCUT2D eigenvalue weighted by Gasteiger charge is 2.14. The molecule has 104 valence electrons. The van der Waals surface area contributed by atoms with E-state index >= 15 is 0 Å². The van der Waals surface area contributed by atoms with Crippen molar-refractivity contribution in [3.05, 3.63) is 48.0 Å². The summed E-state index contributed by atoms with van der Waals surface area (Å²) in [7, 11) is 1.61. The normalized spacial score (nSPS) is 10.1. The van der Waals surface area contributed by atoms with Gasteiger partial charge in [-0.2, -0.15) is 0 Å². The molecule has 0 aromatic heterocycles. The molecule has 0 saturated carbocycles. The largest absolute Gasteiger partial charge is 0.497 e. The van der Waals surface area contributed by atoms with E-state index in [0.717, 1.165) is 16.9 Å². The zero-order chi connectivity index (χ0) is 14.5. The average molecular weight is 271 g/mol. The van der Waals surface area contributed by atoms with Gasteiger partial charge in [0.1, 0.15) is 5.75 Å². The van der Waals surface area contributed by atoms with Gasteiger partial charge in [-0.3, -0.25) is 0 Å². The lowest BCUT2D eigenvalue weighted by atomic mass is 9.99. The smallest absolute Gasteiger partial charge is 0.338 e. The highest BCUT2D eigenvalue weighted by molar-refractivity contribution is 5.98. The van der Waals surface area contributed by atoms with Crippen molar-refractivity contribution in [2.45, 2.75) is 6.92 Å². The minimum Gasteiger partial charge on any atom is -0.497 e. The Bertz CT molecular complexity index is 606. The molecule has 20 heavy (non-hydrogen) atoms. The van der Waals surface area contributed by atoms with Gasteiger partial charge in [0, 0.05) is 5.69 Å². The molecule has 0 aliphatic rings. The summed E-state index contributed by atoms with van der Waals surface area (Å²) in [6.45, 7) is 2.12. The molecule has 0 aliphatic heterocycles. The van der Waals surface area contributed by atoms with Crippen molar-refractivity contribution < 1.29 is 14.3 Å². The van der Waals surface area contributed by atoms with Crippen LogP contribution in [0, 0.1) is 0 Å². The molecule has 4 heteroatoms. The second-order valence-electron chi connectivity index (χ2n) is 4.25. The molecule has 0 spiro atoms. The van der Waals surface area contributed by atoms with E-state index in [1.165, 1.54) is 0 Å². The fourth-order valence-corrected chi connectivity index (χ4v) is 1.96. The zero-order valence-corrected chi connectivity index (χ0v) is 11.6. The number of ether oxygens (including phenoxy) is 2. The first-order valence-electron chi connectivity index (χ1n) is 6.36. The number of rotatable bonds is 4. The van der Waals surface area contributed by atoms with E-state index in [9.17, 15) is 4.79 Å². The van der Waals surface area contributed by atoms with Crippen molar-refractivity contribution in [1.82, 2.24) is 0 Å². The van der Waals surface area contributed by atoms with Crippen molar-refractivity contribution in [2.24, 2.45) is 0 Å². The second kappa shape index (κ2) is 6.10. The summed E-state index contributed by atoms with van der Waals surface area (Å²) in [6, 6.07) is 12.6. The SMILES string of the molecule is CCOC(=O)c1ccc(N)cc1-c1ccc(OC)cc1. The van der Waals surface area contributed by atoms with Crippen molar-refractivity contribution >= 4 is 11.7 Å². The van der Waals surface area contributed by atoms with Crippen LogP contribution in [0.4, 0.5) is 5.69 Å². The van der Waals surface area contributed by atoms with Crippen LogP contribution in [0.5, 0.6) is 5.75 Å². The van der Waals surface area contributed by atoms with Gasteiger partial charge in [0.2, 0.25) is 0 Å². The molecule has 0 bridgehead atoms. The molecule has 0 unspecified atom stereocenters. The van der Waals surface area contributed by atoms with Gasteiger partial charge < -0.3 is 15.2 Å². The van der Waals surface area contributed by atoms with Gasteiger partial charge in [0.15, 0.2) is 0 Å². The Balaban J connectivity index is 2.47. The maximum Gasteiger partial charge on any atom is 0.338 e. The topological polar surface area (TPSA) is 61.5 Å². The van der Waals surface area contributed by atoms with Gasteiger partial charge >= 0.3 is 5.97 Å². The molecule has 0 saturated heterocycles. The second-order valence-corrected chi connectivity index (χ2v) is 4.25. The first-order valence-corrected chi connectivity index (χ1v) is 6.36. The average Bonchev–Trinajstić information content (AvgIpc) is 2.47. The van der Waals surface area contributed by atoms with E-state index in [1.54, 1.807) is 32.2 Å². The van der Waals surface area contributed by atoms with Crippen LogP contribution in [-0.2, 0) is 4.74 Å². The lowest BCUT2D eigenvalue weighted by Gasteiger charge is -2.10. The molecule has 0 aliphatic carbocycles. The predicted octanol–water partition coefficient (Wildman–Crippen LogP) is 3.12. The van der Waals surface area contributed by atoms with Crippen LogP contribution in [-0.4, -0.2) is 19.7 Å². The van der Waals surface area contributed by atoms with Crippen LogP contribution in [0.2, 0.25) is 0 Å². The third-order valence-electron chi connectivity index (χ3n) is 2.94. The predicted molar refractivity (Wildman–Crippen MR) is 78.8 cm³/mol. The molecule has 0 atom stereocenters. The lowest BCUT2D eigenvalue weighted by molar-refractivity contribution is 0.0527. The number of methoxy groups -OCH3 is 1. The molecule has 4 nitrogen and oxygen atoms in total. The first-order chi connectivity index (χ1) is 9.65. The molecule has 2 rings (SSSR count). The summed E-state index contributed by atoms with van der Waals surface area (Å²) in [4.78, 5) is 12.0. The van der Waals surface area contributed by atoms with E-state index in [0.29, 0.717) is 17.9 Å². The first kappa shape index (κ1) is 13.9. The minimum absolute atomic E-state index is 0.339. The van der Waals surface area contributed by atoms with Crippen LogP contribution >= 0.6 is 0 Å². The molecule has 0 radical (unpaired) electrons. The number of nitrogens with two attached hydrogens (primary N) is 1. The Morgan fingerprint density at radius 2 is 1.85 bits per heavy atom. The molecule has 0 amide bonds. The molecule has 0 fully saturated rings. The molecular formula is C16H17NO3. The molecule has 0 heterocycles. The maximum absolute atomic E-state index is 12.0. The maximum atomic E-state index is 12.0. The van der Waals surface area contributed by atoms with E-state index in [1.807, 2.05) is 24.3 Å². The van der Waals surface area contributed by atoms with Crippen LogP contribution < -0.4 is 10.5 Å². The zero-order valence-electron chi connectivity index (χ0n) is 11.6. The van der Waals surface area contributed by atoms with Crippen LogP contribution in [0.1, 0.15) is 17.3 Å². The van der Waals surface area contributed by atoms with Crippen molar-refractivity contribution in [2.75, 3.05) is 19.5 Å². The van der Waals surface area contributed by atoms with Gasteiger partial charge in [0.25, 0.3) is 0 Å². The van der Waals surface area contributed by atoms with Gasteiger partial charge in [-0.25, -0.2) is 4.79 Å². The molecule has 2 aromatic carbocycles. The minimum atomic E-state index is -0.349. The Kier molecular flexibility index (Phi) is 4.25. The number of carbonyl (C=O) groups excluding carboxylic acids is 1. The van der Waals surface area contributed by atoms with Gasteiger partial charge in [-0.05, 0) is 48.4 Å². The molecule has 2 aromatic rings. The number of hydrogen-bond acceptors (Lipinski definition) is 4. The highest BCUT2D eigenvalue weighted by Crippen LogP contribution is 2.28. The molecule has 2 N–H and O–H groups in total. The van der Waals surface area contributed by atoms with Gasteiger partial charge in [0.05, 0.1) is 19.3 Å². The van der Waals surface area contributed by atoms with E-state index < -0.39 is 0 Å². The third-order valence-corrected chi connectivity index (χ3v) is 2.94. The summed E-state index contributed by atoms with van der Waals surface area (Å²) >= 11 is 0. The van der Waals surface area contributed by atoms with E-state index in [4.69, 9.17) is 15.2 Å². The Labute approximate surface area is 118 Å². The fourth-order valence-electron chi connectivity index (χ4n) is 1.96. The summed E-state index contributed by atoms with van der Waals surface area (Å²) in [6.07, 6.45) is 0. The monoisotopic (exact) mass is 271 g/mol. The van der Waals surface area contributed by atoms with E-state index in [2.05, 4.69) is 0 Å². The van der Waals surface area contributed by atoms with Gasteiger partial charge in [-0.15, -0.1) is 0 Å². The molecular weight excluding hydrogens is 254 g/mol. The third kappa shape index (κ3) is 2.91. The lowest BCUT2D eigenvalue weighted by Crippen LogP contribution is -2.07. The number of esters is 1. The Morgan fingerprint density at radius 1 is 1.15 bits per heavy atom. The number of anilines is 1. The Morgan fingerprint density at radius 3 is 2.45 bits per heavy atom. The van der Waals surface area contributed by atoms with Crippen molar-refractivity contribution in [1.29, 1.82) is 0 Å². The van der Waals surface area contributed by atoms with Crippen molar-refractivity contribution in [3.63, 3.8) is 0 Å². The van der Waals surface area contributed by atoms with Crippen LogP contribution in [0.25, 0.3) is 11.1 Å². The number of nitrogen functional groups attached to an aromatic ring is 1. The van der Waals surface area contributed by atoms with E-state index in [-0.39, 0.29) is 5.97 Å². The number of carbonyl (C=O) groups is 1. The van der Waals surface area contributed by atoms with Crippen LogP contribution in [0.3, 0.4) is 0 Å². The van der Waals surface area contributed by atoms with Gasteiger partial charge in [-0.1, -0.05) is 12.1 Å². The summed E-state index contributed by atoms with van der Waals surface area (Å²) in [5.74, 6) is 0.411. The number of hydrogen-bond donors (Lipinski definition) is 1. The quantitative estimate of drug-likeness (QED) is 0.685.